The van der Waals surface area contributed by atoms with Crippen LogP contribution in [0, 0.1) is 41.5 Å². The first-order chi connectivity index (χ1) is 9.75. The number of aryl methyl sites for hydroxylation is 1. The van der Waals surface area contributed by atoms with Crippen molar-refractivity contribution in [2.24, 2.45) is 0 Å². The Hall–Kier alpha value is -0.790. The van der Waals surface area contributed by atoms with Crippen LogP contribution in [0.4, 0.5) is 0 Å². The molecule has 0 spiro atoms. The van der Waals surface area contributed by atoms with E-state index < -0.39 is 0 Å². The predicted octanol–water partition coefficient (Wildman–Crippen LogP) is 6.63. The molecule has 0 radical (unpaired) electrons. The first-order valence-electron chi connectivity index (χ1n) is 7.22. The summed E-state index contributed by atoms with van der Waals surface area (Å²) in [4.78, 5) is 0. The Morgan fingerprint density at radius 3 is 1.81 bits per heavy atom. The molecule has 21 heavy (non-hydrogen) atoms. The molecule has 2 aromatic carbocycles. The molecule has 0 aliphatic carbocycles. The van der Waals surface area contributed by atoms with Gasteiger partial charge in [-0.3, -0.25) is 0 Å². The maximum absolute atomic E-state index is 6.89. The minimum atomic E-state index is -0.111. The number of benzene rings is 2. The van der Waals surface area contributed by atoms with E-state index in [1.165, 1.54) is 44.5 Å². The second-order valence-electron chi connectivity index (χ2n) is 5.90. The topological polar surface area (TPSA) is 0 Å². The van der Waals surface area contributed by atoms with E-state index in [-0.39, 0.29) is 5.38 Å². The summed E-state index contributed by atoms with van der Waals surface area (Å²) in [6.07, 6.45) is 0. The molecule has 0 saturated carbocycles. The van der Waals surface area contributed by atoms with Gasteiger partial charge >= 0.3 is 0 Å². The van der Waals surface area contributed by atoms with Crippen molar-refractivity contribution in [3.63, 3.8) is 0 Å². The molecule has 0 amide bonds. The largest absolute Gasteiger partial charge is 0.113 e. The highest BCUT2D eigenvalue weighted by molar-refractivity contribution is 9.10. The van der Waals surface area contributed by atoms with Crippen LogP contribution in [0.5, 0.6) is 0 Å². The zero-order chi connectivity index (χ0) is 15.9. The second kappa shape index (κ2) is 6.14. The molecule has 2 aromatic rings. The van der Waals surface area contributed by atoms with Crippen molar-refractivity contribution in [3.8, 4) is 0 Å². The van der Waals surface area contributed by atoms with E-state index in [0.29, 0.717) is 0 Å². The van der Waals surface area contributed by atoms with E-state index in [2.05, 4.69) is 75.7 Å². The van der Waals surface area contributed by atoms with Gasteiger partial charge in [-0.15, -0.1) is 11.6 Å². The standard InChI is InChI=1S/C19H22BrCl/c1-10-7-8-16(20)9-17(10)19(21)18-14(5)12(3)11(2)13(4)15(18)6/h7-9,19H,1-6H3. The summed E-state index contributed by atoms with van der Waals surface area (Å²) >= 11 is 10.5. The smallest absolute Gasteiger partial charge is 0.0843 e. The molecule has 0 N–H and O–H groups in total. The normalized spacial score (nSPS) is 12.6. The Morgan fingerprint density at radius 2 is 1.29 bits per heavy atom. The van der Waals surface area contributed by atoms with Crippen LogP contribution in [0.1, 0.15) is 49.9 Å². The Kier molecular flexibility index (Phi) is 4.85. The minimum Gasteiger partial charge on any atom is -0.113 e. The van der Waals surface area contributed by atoms with E-state index in [0.717, 1.165) is 4.47 Å². The first-order valence-corrected chi connectivity index (χ1v) is 8.45. The predicted molar refractivity (Wildman–Crippen MR) is 96.7 cm³/mol. The molecule has 112 valence electrons. The fourth-order valence-electron chi connectivity index (χ4n) is 2.95. The molecular formula is C19H22BrCl. The van der Waals surface area contributed by atoms with Gasteiger partial charge in [0.1, 0.15) is 0 Å². The molecule has 0 aromatic heterocycles. The van der Waals surface area contributed by atoms with Gasteiger partial charge in [0, 0.05) is 4.47 Å². The number of alkyl halides is 1. The minimum absolute atomic E-state index is 0.111. The van der Waals surface area contributed by atoms with Gasteiger partial charge in [-0.2, -0.15) is 0 Å². The Morgan fingerprint density at radius 1 is 0.810 bits per heavy atom. The van der Waals surface area contributed by atoms with Crippen molar-refractivity contribution >= 4 is 27.5 Å². The van der Waals surface area contributed by atoms with Crippen molar-refractivity contribution in [3.05, 3.63) is 67.2 Å². The van der Waals surface area contributed by atoms with Crippen LogP contribution in [0.2, 0.25) is 0 Å². The molecule has 1 unspecified atom stereocenters. The number of hydrogen-bond acceptors (Lipinski definition) is 0. The molecule has 0 aliphatic rings. The monoisotopic (exact) mass is 364 g/mol. The van der Waals surface area contributed by atoms with Crippen LogP contribution in [0.3, 0.4) is 0 Å². The van der Waals surface area contributed by atoms with E-state index in [4.69, 9.17) is 11.6 Å². The second-order valence-corrected chi connectivity index (χ2v) is 7.25. The fourth-order valence-corrected chi connectivity index (χ4v) is 3.89. The van der Waals surface area contributed by atoms with Gasteiger partial charge in [-0.1, -0.05) is 22.0 Å². The fraction of sp³-hybridized carbons (Fsp3) is 0.368. The molecule has 0 bridgehead atoms. The lowest BCUT2D eigenvalue weighted by atomic mass is 9.86. The average molecular weight is 366 g/mol. The summed E-state index contributed by atoms with van der Waals surface area (Å²) in [6.45, 7) is 13.1. The van der Waals surface area contributed by atoms with Crippen LogP contribution in [-0.4, -0.2) is 0 Å². The van der Waals surface area contributed by atoms with Gasteiger partial charge in [0.05, 0.1) is 5.38 Å². The summed E-state index contributed by atoms with van der Waals surface area (Å²) in [6, 6.07) is 6.32. The maximum Gasteiger partial charge on any atom is 0.0843 e. The van der Waals surface area contributed by atoms with Crippen molar-refractivity contribution < 1.29 is 0 Å². The van der Waals surface area contributed by atoms with Gasteiger partial charge in [0.2, 0.25) is 0 Å². The third-order valence-corrected chi connectivity index (χ3v) is 5.77. The molecule has 0 fully saturated rings. The summed E-state index contributed by atoms with van der Waals surface area (Å²) in [5.74, 6) is 0. The van der Waals surface area contributed by atoms with Crippen LogP contribution in [0.15, 0.2) is 22.7 Å². The third-order valence-electron chi connectivity index (χ3n) is 4.83. The molecule has 2 heteroatoms. The zero-order valence-corrected chi connectivity index (χ0v) is 15.9. The third kappa shape index (κ3) is 2.91. The quantitative estimate of drug-likeness (QED) is 0.524. The summed E-state index contributed by atoms with van der Waals surface area (Å²) in [7, 11) is 0. The van der Waals surface area contributed by atoms with Crippen molar-refractivity contribution in [1.82, 2.24) is 0 Å². The first kappa shape index (κ1) is 16.6. The highest BCUT2D eigenvalue weighted by Gasteiger charge is 2.21. The number of hydrogen-bond donors (Lipinski definition) is 0. The lowest BCUT2D eigenvalue weighted by Crippen LogP contribution is -2.07. The van der Waals surface area contributed by atoms with Gasteiger partial charge in [-0.25, -0.2) is 0 Å². The van der Waals surface area contributed by atoms with E-state index in [1.807, 2.05) is 0 Å². The highest BCUT2D eigenvalue weighted by atomic mass is 79.9. The lowest BCUT2D eigenvalue weighted by Gasteiger charge is -2.23. The van der Waals surface area contributed by atoms with E-state index in [1.54, 1.807) is 0 Å². The summed E-state index contributed by atoms with van der Waals surface area (Å²) < 4.78 is 1.07. The summed E-state index contributed by atoms with van der Waals surface area (Å²) in [5.41, 5.74) is 10.4. The van der Waals surface area contributed by atoms with Crippen molar-refractivity contribution in [1.29, 1.82) is 0 Å². The van der Waals surface area contributed by atoms with Crippen molar-refractivity contribution in [2.75, 3.05) is 0 Å². The Balaban J connectivity index is 2.69. The highest BCUT2D eigenvalue weighted by Crippen LogP contribution is 2.39. The lowest BCUT2D eigenvalue weighted by molar-refractivity contribution is 1.02. The van der Waals surface area contributed by atoms with Gasteiger partial charge < -0.3 is 0 Å². The molecular weight excluding hydrogens is 344 g/mol. The zero-order valence-electron chi connectivity index (χ0n) is 13.6. The van der Waals surface area contributed by atoms with Gasteiger partial charge in [0.15, 0.2) is 0 Å². The van der Waals surface area contributed by atoms with E-state index in [9.17, 15) is 0 Å². The SMILES string of the molecule is Cc1ccc(Br)cc1C(Cl)c1c(C)c(C)c(C)c(C)c1C. The van der Waals surface area contributed by atoms with Gasteiger partial charge in [0.25, 0.3) is 0 Å². The molecule has 0 saturated heterocycles. The van der Waals surface area contributed by atoms with Crippen LogP contribution < -0.4 is 0 Å². The molecule has 2 rings (SSSR count). The van der Waals surface area contributed by atoms with Crippen LogP contribution in [0.25, 0.3) is 0 Å². The molecule has 0 heterocycles. The van der Waals surface area contributed by atoms with Crippen LogP contribution >= 0.6 is 27.5 Å². The average Bonchev–Trinajstić information content (AvgIpc) is 2.45. The number of halogens is 2. The van der Waals surface area contributed by atoms with Gasteiger partial charge in [-0.05, 0) is 98.2 Å². The van der Waals surface area contributed by atoms with Crippen LogP contribution in [-0.2, 0) is 0 Å². The molecule has 0 nitrogen and oxygen atoms in total. The Bertz CT molecular complexity index is 672. The number of rotatable bonds is 2. The molecule has 0 aliphatic heterocycles. The van der Waals surface area contributed by atoms with Crippen molar-refractivity contribution in [2.45, 2.75) is 46.9 Å². The summed E-state index contributed by atoms with van der Waals surface area (Å²) in [5, 5.41) is -0.111. The molecule has 1 atom stereocenters. The maximum atomic E-state index is 6.89. The Labute approximate surface area is 141 Å². The van der Waals surface area contributed by atoms with E-state index >= 15 is 0 Å².